The number of hydrogen-bond acceptors (Lipinski definition) is 3. The number of ether oxygens (including phenoxy) is 1. The molecule has 0 atom stereocenters. The number of halogens is 1. The molecule has 5 nitrogen and oxygen atoms in total. The van der Waals surface area contributed by atoms with Crippen LogP contribution in [0.15, 0.2) is 48.5 Å². The molecule has 2 N–H and O–H groups in total. The first-order chi connectivity index (χ1) is 11.6. The van der Waals surface area contributed by atoms with E-state index in [1.807, 2.05) is 0 Å². The Morgan fingerprint density at radius 3 is 2.58 bits per heavy atom. The molecule has 0 aromatic heterocycles. The Labute approximate surface area is 145 Å². The highest BCUT2D eigenvalue weighted by atomic mass is 35.5. The van der Waals surface area contributed by atoms with Crippen molar-refractivity contribution in [3.8, 4) is 5.75 Å². The molecule has 0 aliphatic heterocycles. The van der Waals surface area contributed by atoms with Crippen LogP contribution in [0.1, 0.15) is 23.2 Å². The van der Waals surface area contributed by atoms with Crippen molar-refractivity contribution in [2.24, 2.45) is 0 Å². The van der Waals surface area contributed by atoms with Crippen molar-refractivity contribution in [2.75, 3.05) is 11.9 Å². The molecule has 0 saturated heterocycles. The van der Waals surface area contributed by atoms with Gasteiger partial charge < -0.3 is 15.4 Å². The van der Waals surface area contributed by atoms with Gasteiger partial charge in [-0.3, -0.25) is 9.59 Å². The van der Waals surface area contributed by atoms with Crippen molar-refractivity contribution in [2.45, 2.75) is 18.9 Å². The topological polar surface area (TPSA) is 67.4 Å². The average molecular weight is 345 g/mol. The summed E-state index contributed by atoms with van der Waals surface area (Å²) in [4.78, 5) is 24.0. The summed E-state index contributed by atoms with van der Waals surface area (Å²) >= 11 is 5.79. The van der Waals surface area contributed by atoms with Crippen LogP contribution in [-0.4, -0.2) is 24.5 Å². The van der Waals surface area contributed by atoms with Gasteiger partial charge in [-0.15, -0.1) is 0 Å². The van der Waals surface area contributed by atoms with E-state index < -0.39 is 0 Å². The summed E-state index contributed by atoms with van der Waals surface area (Å²) < 4.78 is 5.38. The zero-order valence-corrected chi connectivity index (χ0v) is 13.7. The first kappa shape index (κ1) is 16.3. The van der Waals surface area contributed by atoms with Gasteiger partial charge in [0.15, 0.2) is 6.61 Å². The summed E-state index contributed by atoms with van der Waals surface area (Å²) in [5.41, 5.74) is 1.08. The molecule has 0 bridgehead atoms. The van der Waals surface area contributed by atoms with Crippen LogP contribution in [0.4, 0.5) is 5.69 Å². The highest BCUT2D eigenvalue weighted by molar-refractivity contribution is 6.30. The number of nitrogens with one attached hydrogen (secondary N) is 2. The standard InChI is InChI=1S/C18H17ClN2O3/c19-13-4-8-16(9-5-13)24-11-17(22)20-15-3-1-2-12(10-15)18(23)21-14-6-7-14/h1-5,8-10,14H,6-7,11H2,(H,20,22)(H,21,23). The van der Waals surface area contributed by atoms with Gasteiger partial charge in [0.25, 0.3) is 11.8 Å². The summed E-state index contributed by atoms with van der Waals surface area (Å²) in [6.45, 7) is -0.125. The van der Waals surface area contributed by atoms with Crippen LogP contribution >= 0.6 is 11.6 Å². The van der Waals surface area contributed by atoms with Crippen LogP contribution in [0.2, 0.25) is 5.02 Å². The van der Waals surface area contributed by atoms with E-state index in [0.29, 0.717) is 28.1 Å². The Morgan fingerprint density at radius 1 is 1.12 bits per heavy atom. The van der Waals surface area contributed by atoms with Gasteiger partial charge in [-0.1, -0.05) is 17.7 Å². The second-order valence-corrected chi connectivity index (χ2v) is 6.06. The molecule has 6 heteroatoms. The van der Waals surface area contributed by atoms with Crippen LogP contribution in [0.5, 0.6) is 5.75 Å². The third-order valence-electron chi connectivity index (χ3n) is 3.50. The molecular formula is C18H17ClN2O3. The monoisotopic (exact) mass is 344 g/mol. The minimum absolute atomic E-state index is 0.119. The molecule has 3 rings (SSSR count). The van der Waals surface area contributed by atoms with E-state index in [1.165, 1.54) is 0 Å². The van der Waals surface area contributed by atoms with Gasteiger partial charge in [-0.2, -0.15) is 0 Å². The van der Waals surface area contributed by atoms with E-state index >= 15 is 0 Å². The van der Waals surface area contributed by atoms with Crippen molar-refractivity contribution in [1.29, 1.82) is 0 Å². The van der Waals surface area contributed by atoms with Crippen molar-refractivity contribution < 1.29 is 14.3 Å². The highest BCUT2D eigenvalue weighted by Gasteiger charge is 2.23. The van der Waals surface area contributed by atoms with E-state index in [4.69, 9.17) is 16.3 Å². The number of rotatable bonds is 6. The summed E-state index contributed by atoms with van der Waals surface area (Å²) in [7, 11) is 0. The fourth-order valence-corrected chi connectivity index (χ4v) is 2.24. The lowest BCUT2D eigenvalue weighted by Gasteiger charge is -2.09. The minimum Gasteiger partial charge on any atom is -0.484 e. The van der Waals surface area contributed by atoms with Crippen molar-refractivity contribution in [1.82, 2.24) is 5.32 Å². The molecule has 1 fully saturated rings. The van der Waals surface area contributed by atoms with Crippen LogP contribution in [0.3, 0.4) is 0 Å². The van der Waals surface area contributed by atoms with Crippen LogP contribution in [0, 0.1) is 0 Å². The Hall–Kier alpha value is -2.53. The molecule has 2 amide bonds. The Morgan fingerprint density at radius 2 is 1.88 bits per heavy atom. The quantitative estimate of drug-likeness (QED) is 0.845. The number of amides is 2. The molecule has 2 aromatic rings. The predicted octanol–water partition coefficient (Wildman–Crippen LogP) is 3.25. The first-order valence-electron chi connectivity index (χ1n) is 7.69. The maximum Gasteiger partial charge on any atom is 0.262 e. The van der Waals surface area contributed by atoms with Gasteiger partial charge in [-0.05, 0) is 55.3 Å². The molecule has 0 heterocycles. The number of anilines is 1. The summed E-state index contributed by atoms with van der Waals surface area (Å²) in [5, 5.41) is 6.24. The van der Waals surface area contributed by atoms with Crippen molar-refractivity contribution in [3.63, 3.8) is 0 Å². The molecular weight excluding hydrogens is 328 g/mol. The highest BCUT2D eigenvalue weighted by Crippen LogP contribution is 2.20. The number of carbonyl (C=O) groups is 2. The molecule has 0 spiro atoms. The number of hydrogen-bond donors (Lipinski definition) is 2. The van der Waals surface area contributed by atoms with Crippen molar-refractivity contribution >= 4 is 29.1 Å². The van der Waals surface area contributed by atoms with Gasteiger partial charge in [0, 0.05) is 22.3 Å². The predicted molar refractivity (Wildman–Crippen MR) is 92.5 cm³/mol. The van der Waals surface area contributed by atoms with Gasteiger partial charge in [0.05, 0.1) is 0 Å². The Bertz CT molecular complexity index is 742. The molecule has 124 valence electrons. The van der Waals surface area contributed by atoms with Gasteiger partial charge >= 0.3 is 0 Å². The smallest absolute Gasteiger partial charge is 0.262 e. The maximum atomic E-state index is 12.0. The lowest BCUT2D eigenvalue weighted by molar-refractivity contribution is -0.118. The fourth-order valence-electron chi connectivity index (χ4n) is 2.11. The summed E-state index contributed by atoms with van der Waals surface area (Å²) in [6.07, 6.45) is 2.06. The molecule has 1 aliphatic carbocycles. The van der Waals surface area contributed by atoms with E-state index in [-0.39, 0.29) is 18.4 Å². The van der Waals surface area contributed by atoms with Gasteiger partial charge in [-0.25, -0.2) is 0 Å². The molecule has 1 aliphatic rings. The maximum absolute atomic E-state index is 12.0. The van der Waals surface area contributed by atoms with Gasteiger partial charge in [0.2, 0.25) is 0 Å². The number of carbonyl (C=O) groups excluding carboxylic acids is 2. The molecule has 24 heavy (non-hydrogen) atoms. The summed E-state index contributed by atoms with van der Waals surface area (Å²) in [5.74, 6) is 0.142. The molecule has 2 aromatic carbocycles. The minimum atomic E-state index is -0.301. The van der Waals surface area contributed by atoms with Crippen LogP contribution < -0.4 is 15.4 Å². The van der Waals surface area contributed by atoms with Gasteiger partial charge in [0.1, 0.15) is 5.75 Å². The SMILES string of the molecule is O=C(COc1ccc(Cl)cc1)Nc1cccc(C(=O)NC2CC2)c1. The molecule has 0 radical (unpaired) electrons. The fraction of sp³-hybridized carbons (Fsp3) is 0.222. The van der Waals surface area contributed by atoms with E-state index in [2.05, 4.69) is 10.6 Å². The third kappa shape index (κ3) is 4.73. The molecule has 0 unspecified atom stereocenters. The van der Waals surface area contributed by atoms with Crippen LogP contribution in [0.25, 0.3) is 0 Å². The summed E-state index contributed by atoms with van der Waals surface area (Å²) in [6, 6.07) is 13.9. The van der Waals surface area contributed by atoms with Crippen LogP contribution in [-0.2, 0) is 4.79 Å². The zero-order chi connectivity index (χ0) is 16.9. The van der Waals surface area contributed by atoms with Crippen molar-refractivity contribution in [3.05, 3.63) is 59.1 Å². The second-order valence-electron chi connectivity index (χ2n) is 5.62. The lowest BCUT2D eigenvalue weighted by atomic mass is 10.2. The largest absolute Gasteiger partial charge is 0.484 e. The molecule has 1 saturated carbocycles. The van der Waals surface area contributed by atoms with E-state index in [9.17, 15) is 9.59 Å². The second kappa shape index (κ2) is 7.36. The third-order valence-corrected chi connectivity index (χ3v) is 3.76. The average Bonchev–Trinajstić information content (AvgIpc) is 3.38. The normalized spacial score (nSPS) is 13.2. The zero-order valence-electron chi connectivity index (χ0n) is 12.9. The Kier molecular flexibility index (Phi) is 5.01. The van der Waals surface area contributed by atoms with E-state index in [0.717, 1.165) is 12.8 Å². The first-order valence-corrected chi connectivity index (χ1v) is 8.07. The lowest BCUT2D eigenvalue weighted by Crippen LogP contribution is -2.25. The van der Waals surface area contributed by atoms with E-state index in [1.54, 1.807) is 48.5 Å². The number of benzene rings is 2. The Balaban J connectivity index is 1.53.